The maximum atomic E-state index is 12.1. The normalized spacial score (nSPS) is 9.55. The smallest absolute Gasteiger partial charge is 0.342 e. The van der Waals surface area contributed by atoms with E-state index in [0.717, 1.165) is 11.3 Å². The van der Waals surface area contributed by atoms with Gasteiger partial charge in [-0.15, -0.1) is 12.4 Å². The van der Waals surface area contributed by atoms with Crippen LogP contribution in [0.5, 0.6) is 5.75 Å². The van der Waals surface area contributed by atoms with Crippen LogP contribution in [0.2, 0.25) is 0 Å². The third-order valence-electron chi connectivity index (χ3n) is 2.70. The van der Waals surface area contributed by atoms with Crippen molar-refractivity contribution in [3.05, 3.63) is 59.4 Å². The Balaban J connectivity index is 0.00000242. The van der Waals surface area contributed by atoms with Gasteiger partial charge in [0.1, 0.15) is 17.9 Å². The topological polar surface area (TPSA) is 65.5 Å². The van der Waals surface area contributed by atoms with Crippen LogP contribution in [0.4, 0.5) is 0 Å². The summed E-state index contributed by atoms with van der Waals surface area (Å²) in [6.07, 6.45) is 1.65. The van der Waals surface area contributed by atoms with Crippen molar-refractivity contribution < 1.29 is 19.1 Å². The second-order valence-electron chi connectivity index (χ2n) is 4.47. The molecule has 0 amide bonds. The summed E-state index contributed by atoms with van der Waals surface area (Å²) in [6, 6.07) is 10.1. The summed E-state index contributed by atoms with van der Waals surface area (Å²) < 4.78 is 10.2. The van der Waals surface area contributed by atoms with Crippen LogP contribution in [0.3, 0.4) is 0 Å². The van der Waals surface area contributed by atoms with Gasteiger partial charge in [0.2, 0.25) is 0 Å². The molecule has 0 aliphatic heterocycles. The number of carbonyl (C=O) groups is 2. The van der Waals surface area contributed by atoms with Gasteiger partial charge < -0.3 is 9.47 Å². The van der Waals surface area contributed by atoms with Gasteiger partial charge in [0.25, 0.3) is 0 Å². The number of hydrogen-bond donors (Lipinski definition) is 0. The molecule has 5 nitrogen and oxygen atoms in total. The number of halogens is 1. The predicted octanol–water partition coefficient (Wildman–Crippen LogP) is 3.09. The number of aromatic nitrogens is 1. The van der Waals surface area contributed by atoms with Crippen molar-refractivity contribution in [3.63, 3.8) is 0 Å². The van der Waals surface area contributed by atoms with E-state index in [1.165, 1.54) is 6.92 Å². The number of pyridine rings is 1. The van der Waals surface area contributed by atoms with Crippen molar-refractivity contribution in [2.24, 2.45) is 0 Å². The second kappa shape index (κ2) is 8.14. The van der Waals surface area contributed by atoms with Gasteiger partial charge in [-0.25, -0.2) is 4.79 Å². The molecule has 0 unspecified atom stereocenters. The SMILES string of the molecule is CC(=O)Oc1ccccc1C(=O)OCc1ccc(C)nc1.Cl. The molecule has 0 saturated heterocycles. The summed E-state index contributed by atoms with van der Waals surface area (Å²) in [5.74, 6) is -0.845. The molecule has 22 heavy (non-hydrogen) atoms. The fraction of sp³-hybridized carbons (Fsp3) is 0.188. The Hall–Kier alpha value is -2.40. The van der Waals surface area contributed by atoms with Crippen LogP contribution in [0, 0.1) is 6.92 Å². The van der Waals surface area contributed by atoms with E-state index >= 15 is 0 Å². The van der Waals surface area contributed by atoms with Gasteiger partial charge in [-0.1, -0.05) is 18.2 Å². The van der Waals surface area contributed by atoms with Gasteiger partial charge >= 0.3 is 11.9 Å². The fourth-order valence-electron chi connectivity index (χ4n) is 1.69. The van der Waals surface area contributed by atoms with E-state index in [1.54, 1.807) is 30.5 Å². The highest BCUT2D eigenvalue weighted by atomic mass is 35.5. The molecule has 116 valence electrons. The largest absolute Gasteiger partial charge is 0.457 e. The van der Waals surface area contributed by atoms with Crippen LogP contribution < -0.4 is 4.74 Å². The summed E-state index contributed by atoms with van der Waals surface area (Å²) in [5, 5.41) is 0. The highest BCUT2D eigenvalue weighted by molar-refractivity contribution is 5.93. The Morgan fingerprint density at radius 1 is 1.14 bits per heavy atom. The Morgan fingerprint density at radius 2 is 1.86 bits per heavy atom. The van der Waals surface area contributed by atoms with Crippen LogP contribution in [-0.4, -0.2) is 16.9 Å². The quantitative estimate of drug-likeness (QED) is 0.639. The Morgan fingerprint density at radius 3 is 2.50 bits per heavy atom. The summed E-state index contributed by atoms with van der Waals surface area (Å²) in [7, 11) is 0. The van der Waals surface area contributed by atoms with Gasteiger partial charge in [-0.2, -0.15) is 0 Å². The Bertz CT molecular complexity index is 655. The lowest BCUT2D eigenvalue weighted by molar-refractivity contribution is -0.131. The molecule has 1 aromatic carbocycles. The minimum Gasteiger partial charge on any atom is -0.457 e. The van der Waals surface area contributed by atoms with E-state index in [1.807, 2.05) is 19.1 Å². The van der Waals surface area contributed by atoms with Crippen LogP contribution >= 0.6 is 12.4 Å². The molecule has 0 bridgehead atoms. The molecule has 0 spiro atoms. The molecule has 2 aromatic rings. The van der Waals surface area contributed by atoms with Crippen molar-refractivity contribution in [2.45, 2.75) is 20.5 Å². The van der Waals surface area contributed by atoms with Crippen molar-refractivity contribution in [2.75, 3.05) is 0 Å². The number of nitrogens with zero attached hydrogens (tertiary/aromatic N) is 1. The van der Waals surface area contributed by atoms with Crippen molar-refractivity contribution >= 4 is 24.3 Å². The molecule has 0 atom stereocenters. The number of rotatable bonds is 4. The van der Waals surface area contributed by atoms with Crippen LogP contribution in [0.1, 0.15) is 28.5 Å². The number of ether oxygens (including phenoxy) is 2. The van der Waals surface area contributed by atoms with E-state index in [9.17, 15) is 9.59 Å². The van der Waals surface area contributed by atoms with Gasteiger partial charge in [0.15, 0.2) is 0 Å². The molecule has 0 N–H and O–H groups in total. The maximum Gasteiger partial charge on any atom is 0.342 e. The van der Waals surface area contributed by atoms with Crippen LogP contribution in [0.15, 0.2) is 42.6 Å². The molecule has 1 heterocycles. The molecular formula is C16H16ClNO4. The van der Waals surface area contributed by atoms with E-state index in [-0.39, 0.29) is 30.3 Å². The molecule has 0 saturated carbocycles. The predicted molar refractivity (Wildman–Crippen MR) is 83.1 cm³/mol. The summed E-state index contributed by atoms with van der Waals surface area (Å²) in [4.78, 5) is 27.2. The van der Waals surface area contributed by atoms with Crippen molar-refractivity contribution in [3.8, 4) is 5.75 Å². The first-order valence-corrected chi connectivity index (χ1v) is 6.42. The van der Waals surface area contributed by atoms with E-state index < -0.39 is 11.9 Å². The Labute approximate surface area is 134 Å². The monoisotopic (exact) mass is 321 g/mol. The Kier molecular flexibility index (Phi) is 6.53. The first-order chi connectivity index (χ1) is 10.1. The maximum absolute atomic E-state index is 12.1. The number of para-hydroxylation sites is 1. The highest BCUT2D eigenvalue weighted by Crippen LogP contribution is 2.19. The van der Waals surface area contributed by atoms with Crippen LogP contribution in [0.25, 0.3) is 0 Å². The third kappa shape index (κ3) is 4.86. The van der Waals surface area contributed by atoms with Gasteiger partial charge in [0, 0.05) is 24.4 Å². The summed E-state index contributed by atoms with van der Waals surface area (Å²) in [6.45, 7) is 3.27. The first-order valence-electron chi connectivity index (χ1n) is 6.42. The zero-order valence-electron chi connectivity index (χ0n) is 12.2. The number of hydrogen-bond acceptors (Lipinski definition) is 5. The van der Waals surface area contributed by atoms with Gasteiger partial charge in [-0.05, 0) is 25.1 Å². The molecular weight excluding hydrogens is 306 g/mol. The van der Waals surface area contributed by atoms with E-state index in [2.05, 4.69) is 4.98 Å². The number of aryl methyl sites for hydroxylation is 1. The van der Waals surface area contributed by atoms with Crippen molar-refractivity contribution in [1.82, 2.24) is 4.98 Å². The number of esters is 2. The minimum absolute atomic E-state index is 0. The first kappa shape index (κ1) is 17.7. The summed E-state index contributed by atoms with van der Waals surface area (Å²) in [5.41, 5.74) is 1.90. The molecule has 2 rings (SSSR count). The number of carbonyl (C=O) groups excluding carboxylic acids is 2. The number of benzene rings is 1. The minimum atomic E-state index is -0.549. The second-order valence-corrected chi connectivity index (χ2v) is 4.47. The molecule has 0 aliphatic rings. The van der Waals surface area contributed by atoms with E-state index in [0.29, 0.717) is 0 Å². The highest BCUT2D eigenvalue weighted by Gasteiger charge is 2.15. The van der Waals surface area contributed by atoms with Gasteiger partial charge in [-0.3, -0.25) is 9.78 Å². The zero-order valence-corrected chi connectivity index (χ0v) is 13.1. The van der Waals surface area contributed by atoms with Crippen molar-refractivity contribution in [1.29, 1.82) is 0 Å². The molecule has 1 aromatic heterocycles. The lowest BCUT2D eigenvalue weighted by Gasteiger charge is -2.09. The lowest BCUT2D eigenvalue weighted by atomic mass is 10.2. The average molecular weight is 322 g/mol. The average Bonchev–Trinajstić information content (AvgIpc) is 2.46. The molecule has 0 fully saturated rings. The molecule has 6 heteroatoms. The zero-order chi connectivity index (χ0) is 15.2. The molecule has 0 radical (unpaired) electrons. The fourth-order valence-corrected chi connectivity index (χ4v) is 1.69. The van der Waals surface area contributed by atoms with Gasteiger partial charge in [0.05, 0.1) is 0 Å². The third-order valence-corrected chi connectivity index (χ3v) is 2.70. The summed E-state index contributed by atoms with van der Waals surface area (Å²) >= 11 is 0. The lowest BCUT2D eigenvalue weighted by Crippen LogP contribution is -2.10. The molecule has 0 aliphatic carbocycles. The van der Waals surface area contributed by atoms with E-state index in [4.69, 9.17) is 9.47 Å². The standard InChI is InChI=1S/C16H15NO4.ClH/c1-11-7-8-13(9-17-11)10-20-16(19)14-5-3-4-6-15(14)21-12(2)18;/h3-9H,10H2,1-2H3;1H. The van der Waals surface area contributed by atoms with Crippen LogP contribution in [-0.2, 0) is 16.1 Å².